The van der Waals surface area contributed by atoms with Crippen molar-refractivity contribution in [2.45, 2.75) is 57.8 Å². The number of nitrogens with one attached hydrogen (secondary N) is 1. The molecule has 0 radical (unpaired) electrons. The maximum atomic E-state index is 15.2. The highest BCUT2D eigenvalue weighted by molar-refractivity contribution is 7.63. The third kappa shape index (κ3) is 7.91. The van der Waals surface area contributed by atoms with E-state index in [0.29, 0.717) is 6.42 Å². The number of esters is 1. The number of phosphoric ester groups is 1. The van der Waals surface area contributed by atoms with E-state index in [2.05, 4.69) is 20.0 Å². The second kappa shape index (κ2) is 14.1. The SMILES string of the molecule is CCOC(=O)[C@@H](NP(=O)(Oc1ccccc1)OP(=O)([O-])OC[C@H]1O[C@@H](n2cnc3c(N)nc(Cl)nc32)C(F)[C@H]1O)C(C)CC. The Morgan fingerprint density at radius 1 is 1.30 bits per heavy atom. The molecule has 3 aromatic rings. The first-order valence-electron chi connectivity index (χ1n) is 13.4. The Morgan fingerprint density at radius 3 is 2.66 bits per heavy atom. The van der Waals surface area contributed by atoms with Crippen molar-refractivity contribution in [1.29, 1.82) is 0 Å². The molecule has 0 spiro atoms. The van der Waals surface area contributed by atoms with Gasteiger partial charge in [0.1, 0.15) is 29.5 Å². The number of phosphoric acid groups is 1. The van der Waals surface area contributed by atoms with E-state index in [1.165, 1.54) is 24.3 Å². The van der Waals surface area contributed by atoms with Gasteiger partial charge in [0.05, 0.1) is 19.5 Å². The van der Waals surface area contributed by atoms with E-state index in [9.17, 15) is 23.9 Å². The number of carbonyl (C=O) groups excluding carboxylic acids is 1. The molecule has 4 unspecified atom stereocenters. The number of nitrogen functional groups attached to an aromatic ring is 1. The number of fused-ring (bicyclic) bond motifs is 1. The molecule has 16 nitrogen and oxygen atoms in total. The van der Waals surface area contributed by atoms with Crippen LogP contribution in [0.25, 0.3) is 11.2 Å². The molecule has 1 aliphatic heterocycles. The zero-order chi connectivity index (χ0) is 32.2. The van der Waals surface area contributed by atoms with Gasteiger partial charge in [-0.15, -0.1) is 0 Å². The largest absolute Gasteiger partial charge is 0.756 e. The fourth-order valence-corrected chi connectivity index (χ4v) is 7.44. The summed E-state index contributed by atoms with van der Waals surface area (Å²) in [6.45, 7) is 4.02. The molecule has 8 atom stereocenters. The first-order chi connectivity index (χ1) is 20.8. The van der Waals surface area contributed by atoms with Gasteiger partial charge >= 0.3 is 13.7 Å². The minimum Gasteiger partial charge on any atom is -0.756 e. The summed E-state index contributed by atoms with van der Waals surface area (Å²) in [5.74, 6) is -1.43. The third-order valence-electron chi connectivity index (χ3n) is 6.61. The molecule has 1 aliphatic rings. The monoisotopic (exact) mass is 679 g/mol. The maximum Gasteiger partial charge on any atom is 0.465 e. The number of hydrogen-bond donors (Lipinski definition) is 3. The number of hydrogen-bond acceptors (Lipinski definition) is 14. The molecular formula is C24H31ClFN6O10P2-. The number of aliphatic hydroxyl groups excluding tert-OH is 1. The van der Waals surface area contributed by atoms with Crippen LogP contribution < -0.4 is 20.2 Å². The van der Waals surface area contributed by atoms with Crippen LogP contribution in [-0.2, 0) is 32.2 Å². The van der Waals surface area contributed by atoms with Gasteiger partial charge in [-0.3, -0.25) is 13.9 Å². The smallest absolute Gasteiger partial charge is 0.465 e. The highest BCUT2D eigenvalue weighted by Crippen LogP contribution is 2.59. The third-order valence-corrected chi connectivity index (χ3v) is 9.95. The van der Waals surface area contributed by atoms with Gasteiger partial charge < -0.3 is 34.3 Å². The normalized spacial score (nSPS) is 24.3. The number of rotatable bonds is 14. The number of carbonyl (C=O) groups is 1. The number of aromatic nitrogens is 4. The van der Waals surface area contributed by atoms with Gasteiger partial charge in [0.15, 0.2) is 23.9 Å². The van der Waals surface area contributed by atoms with Crippen LogP contribution in [0.2, 0.25) is 5.28 Å². The van der Waals surface area contributed by atoms with Gasteiger partial charge in [-0.1, -0.05) is 38.5 Å². The summed E-state index contributed by atoms with van der Waals surface area (Å²) in [6, 6.07) is 6.17. The summed E-state index contributed by atoms with van der Waals surface area (Å²) in [4.78, 5) is 37.3. The van der Waals surface area contributed by atoms with Crippen LogP contribution in [0.4, 0.5) is 10.2 Å². The molecular weight excluding hydrogens is 649 g/mol. The molecule has 3 heterocycles. The number of aliphatic hydroxyl groups is 1. The van der Waals surface area contributed by atoms with Crippen LogP contribution in [0.3, 0.4) is 0 Å². The summed E-state index contributed by atoms with van der Waals surface area (Å²) >= 11 is 5.86. The second-order valence-corrected chi connectivity index (χ2v) is 13.3. The summed E-state index contributed by atoms with van der Waals surface area (Å²) in [5, 5.41) is 12.6. The molecule has 4 N–H and O–H groups in total. The van der Waals surface area contributed by atoms with Crippen LogP contribution in [0, 0.1) is 5.92 Å². The molecule has 20 heteroatoms. The van der Waals surface area contributed by atoms with Gasteiger partial charge in [-0.2, -0.15) is 15.1 Å². The van der Waals surface area contributed by atoms with Crippen LogP contribution in [0.1, 0.15) is 33.4 Å². The predicted molar refractivity (Wildman–Crippen MR) is 152 cm³/mol. The van der Waals surface area contributed by atoms with Gasteiger partial charge in [0.2, 0.25) is 5.28 Å². The lowest BCUT2D eigenvalue weighted by Gasteiger charge is -2.31. The van der Waals surface area contributed by atoms with Crippen LogP contribution in [0.15, 0.2) is 36.7 Å². The average molecular weight is 680 g/mol. The molecule has 2 aromatic heterocycles. The van der Waals surface area contributed by atoms with Crippen molar-refractivity contribution < 1.29 is 51.1 Å². The van der Waals surface area contributed by atoms with Crippen molar-refractivity contribution >= 4 is 50.1 Å². The molecule has 0 saturated carbocycles. The van der Waals surface area contributed by atoms with E-state index in [1.807, 2.05) is 0 Å². The molecule has 0 bridgehead atoms. The van der Waals surface area contributed by atoms with E-state index < -0.39 is 64.7 Å². The number of imidazole rings is 1. The Balaban J connectivity index is 1.51. The zero-order valence-corrected chi connectivity index (χ0v) is 26.2. The summed E-state index contributed by atoms with van der Waals surface area (Å²) in [5.41, 5.74) is 5.88. The Labute approximate surface area is 256 Å². The van der Waals surface area contributed by atoms with Crippen molar-refractivity contribution in [3.63, 3.8) is 0 Å². The molecule has 1 saturated heterocycles. The van der Waals surface area contributed by atoms with Gasteiger partial charge in [-0.05, 0) is 36.6 Å². The quantitative estimate of drug-likeness (QED) is 0.127. The Bertz CT molecular complexity index is 1550. The molecule has 1 fully saturated rings. The molecule has 4 rings (SSSR count). The predicted octanol–water partition coefficient (Wildman–Crippen LogP) is 2.91. The number of halogens is 2. The van der Waals surface area contributed by atoms with Gasteiger partial charge in [-0.25, -0.2) is 18.3 Å². The van der Waals surface area contributed by atoms with Crippen molar-refractivity contribution in [2.75, 3.05) is 18.9 Å². The lowest BCUT2D eigenvalue weighted by molar-refractivity contribution is -0.220. The first-order valence-corrected chi connectivity index (χ1v) is 16.7. The fraction of sp³-hybridized carbons (Fsp3) is 0.500. The van der Waals surface area contributed by atoms with E-state index in [-0.39, 0.29) is 34.6 Å². The van der Waals surface area contributed by atoms with E-state index in [0.717, 1.165) is 10.9 Å². The van der Waals surface area contributed by atoms with Crippen molar-refractivity contribution in [1.82, 2.24) is 24.6 Å². The van der Waals surface area contributed by atoms with Crippen LogP contribution in [-0.4, -0.2) is 68.2 Å². The van der Waals surface area contributed by atoms with Crippen molar-refractivity contribution in [3.05, 3.63) is 41.9 Å². The summed E-state index contributed by atoms with van der Waals surface area (Å²) in [7, 11) is -10.5. The minimum atomic E-state index is -5.56. The Morgan fingerprint density at radius 2 is 2.00 bits per heavy atom. The molecule has 242 valence electrons. The fourth-order valence-electron chi connectivity index (χ4n) is 4.22. The highest BCUT2D eigenvalue weighted by Gasteiger charge is 2.47. The average Bonchev–Trinajstić information content (AvgIpc) is 3.50. The minimum absolute atomic E-state index is 0.00380. The summed E-state index contributed by atoms with van der Waals surface area (Å²) in [6.07, 6.45) is -5.51. The first kappa shape index (κ1) is 34.2. The molecule has 0 amide bonds. The number of anilines is 1. The standard InChI is InChI=1S/C24H32ClFN6O10P2/c1-4-13(3)17(23(34)38-5-2)31-43(35,41-14-9-7-6-8-10-14)42-44(36,37)39-11-15-19(33)16(26)22(40-15)32-12-28-18-20(27)29-24(25)30-21(18)32/h6-10,12-13,15-17,19,22,33H,4-5,11H2,1-3H3,(H,31,35)(H,36,37)(H2,27,29,30)/p-1/t13?,15-,16?,17+,19+,22-,43?/m1/s1. The molecule has 1 aromatic carbocycles. The number of alkyl halides is 1. The molecule has 0 aliphatic carbocycles. The number of nitrogens with zero attached hydrogens (tertiary/aromatic N) is 4. The van der Waals surface area contributed by atoms with E-state index in [4.69, 9.17) is 40.2 Å². The number of para-hydroxylation sites is 1. The van der Waals surface area contributed by atoms with Crippen LogP contribution >= 0.6 is 27.2 Å². The number of ether oxygens (including phenoxy) is 2. The van der Waals surface area contributed by atoms with Crippen LogP contribution in [0.5, 0.6) is 5.75 Å². The zero-order valence-electron chi connectivity index (χ0n) is 23.7. The second-order valence-electron chi connectivity index (χ2n) is 9.67. The van der Waals surface area contributed by atoms with E-state index in [1.54, 1.807) is 26.8 Å². The highest BCUT2D eigenvalue weighted by atomic mass is 35.5. The topological polar surface area (TPSA) is 222 Å². The Hall–Kier alpha value is -2.72. The number of nitrogens with two attached hydrogens (primary N) is 1. The lowest BCUT2D eigenvalue weighted by Crippen LogP contribution is -2.42. The number of benzene rings is 1. The lowest BCUT2D eigenvalue weighted by atomic mass is 10.0. The van der Waals surface area contributed by atoms with Crippen molar-refractivity contribution in [2.24, 2.45) is 5.92 Å². The van der Waals surface area contributed by atoms with Crippen molar-refractivity contribution in [3.8, 4) is 5.75 Å². The van der Waals surface area contributed by atoms with Gasteiger partial charge in [0.25, 0.3) is 7.82 Å². The van der Waals surface area contributed by atoms with Gasteiger partial charge in [0, 0.05) is 0 Å². The summed E-state index contributed by atoms with van der Waals surface area (Å²) < 4.78 is 68.8. The Kier molecular flexibility index (Phi) is 11.0. The molecule has 44 heavy (non-hydrogen) atoms. The maximum absolute atomic E-state index is 15.2. The van der Waals surface area contributed by atoms with E-state index >= 15 is 4.39 Å².